The Kier molecular flexibility index (Phi) is 4.55. The molecule has 2 aromatic heterocycles. The molecule has 2 aromatic rings. The second kappa shape index (κ2) is 6.60. The largest absolute Gasteiger partial charge is 0.345 e. The van der Waals surface area contributed by atoms with Gasteiger partial charge in [-0.15, -0.1) is 0 Å². The molecule has 1 saturated heterocycles. The zero-order chi connectivity index (χ0) is 18.4. The van der Waals surface area contributed by atoms with E-state index in [4.69, 9.17) is 0 Å². The third-order valence-electron chi connectivity index (χ3n) is 4.67. The van der Waals surface area contributed by atoms with Crippen molar-refractivity contribution in [1.82, 2.24) is 24.6 Å². The number of halogens is 1. The lowest BCUT2D eigenvalue weighted by Crippen LogP contribution is -2.52. The van der Waals surface area contributed by atoms with Crippen LogP contribution in [-0.2, 0) is 10.0 Å². The highest BCUT2D eigenvalue weighted by atomic mass is 127. The number of urea groups is 1. The third kappa shape index (κ3) is 3.39. The molecule has 2 aliphatic rings. The average molecular weight is 490 g/mol. The quantitative estimate of drug-likeness (QED) is 0.446. The Bertz CT molecular complexity index is 942. The fourth-order valence-corrected chi connectivity index (χ4v) is 6.03. The molecule has 1 aliphatic heterocycles. The first kappa shape index (κ1) is 17.9. The molecule has 1 atom stereocenters. The van der Waals surface area contributed by atoms with Gasteiger partial charge in [-0.3, -0.25) is 5.32 Å². The molecule has 3 heterocycles. The van der Waals surface area contributed by atoms with Crippen molar-refractivity contribution in [1.29, 1.82) is 0 Å². The number of carbonyl (C=O) groups excluding carboxylic acids is 1. The van der Waals surface area contributed by atoms with Gasteiger partial charge in [0.25, 0.3) is 0 Å². The summed E-state index contributed by atoms with van der Waals surface area (Å²) in [5.41, 5.74) is 1.31. The van der Waals surface area contributed by atoms with Crippen molar-refractivity contribution in [3.05, 3.63) is 18.5 Å². The topological polar surface area (TPSA) is 120 Å². The molecule has 2 amide bonds. The summed E-state index contributed by atoms with van der Waals surface area (Å²) in [5.74, 6) is 0.346. The van der Waals surface area contributed by atoms with Crippen LogP contribution >= 0.6 is 22.6 Å². The average Bonchev–Trinajstić information content (AvgIpc) is 3.20. The minimum atomic E-state index is -3.31. The molecular weight excluding hydrogens is 471 g/mol. The number of H-pyrrole nitrogens is 1. The summed E-state index contributed by atoms with van der Waals surface area (Å²) in [6.07, 6.45) is 6.08. The van der Waals surface area contributed by atoms with Gasteiger partial charge in [0, 0.05) is 25.3 Å². The number of aromatic amines is 1. The van der Waals surface area contributed by atoms with Gasteiger partial charge < -0.3 is 10.3 Å². The highest BCUT2D eigenvalue weighted by molar-refractivity contribution is 14.1. The minimum Gasteiger partial charge on any atom is -0.345 e. The van der Waals surface area contributed by atoms with Crippen LogP contribution in [0.5, 0.6) is 0 Å². The molecule has 140 valence electrons. The van der Waals surface area contributed by atoms with Gasteiger partial charge in [-0.2, -0.15) is 4.31 Å². The van der Waals surface area contributed by atoms with E-state index in [1.807, 2.05) is 22.6 Å². The van der Waals surface area contributed by atoms with Crippen molar-refractivity contribution in [2.24, 2.45) is 0 Å². The van der Waals surface area contributed by atoms with E-state index in [1.165, 1.54) is 10.5 Å². The molecule has 0 bridgehead atoms. The van der Waals surface area contributed by atoms with E-state index in [0.29, 0.717) is 42.9 Å². The summed E-state index contributed by atoms with van der Waals surface area (Å²) in [7, 11) is -3.31. The fourth-order valence-electron chi connectivity index (χ4n) is 3.09. The molecule has 1 aliphatic carbocycles. The number of hydrogen-bond donors (Lipinski definition) is 3. The van der Waals surface area contributed by atoms with Gasteiger partial charge in [0.05, 0.1) is 6.20 Å². The SMILES string of the molecule is O=C(Nc1cnc2[nH]ccc2n1)NC1CCCN(S(=O)(=O)C2(I)CC2)C1. The van der Waals surface area contributed by atoms with E-state index in [0.717, 1.165) is 12.8 Å². The molecule has 0 radical (unpaired) electrons. The van der Waals surface area contributed by atoms with Crippen molar-refractivity contribution in [3.63, 3.8) is 0 Å². The Balaban J connectivity index is 1.38. The van der Waals surface area contributed by atoms with Crippen LogP contribution in [0.25, 0.3) is 11.2 Å². The van der Waals surface area contributed by atoms with Gasteiger partial charge in [-0.25, -0.2) is 23.2 Å². The number of sulfonamides is 1. The number of anilines is 1. The summed E-state index contributed by atoms with van der Waals surface area (Å²) >= 11 is 2.04. The highest BCUT2D eigenvalue weighted by Gasteiger charge is 2.55. The van der Waals surface area contributed by atoms with E-state index in [-0.39, 0.29) is 6.04 Å². The predicted molar refractivity (Wildman–Crippen MR) is 106 cm³/mol. The molecule has 11 heteroatoms. The van der Waals surface area contributed by atoms with Crippen LogP contribution in [0, 0.1) is 0 Å². The number of aromatic nitrogens is 3. The van der Waals surface area contributed by atoms with E-state index < -0.39 is 18.8 Å². The summed E-state index contributed by atoms with van der Waals surface area (Å²) in [5, 5.41) is 5.51. The number of nitrogens with one attached hydrogen (secondary N) is 3. The van der Waals surface area contributed by atoms with Crippen molar-refractivity contribution < 1.29 is 13.2 Å². The predicted octanol–water partition coefficient (Wildman–Crippen LogP) is 1.80. The number of amides is 2. The third-order valence-corrected chi connectivity index (χ3v) is 9.76. The van der Waals surface area contributed by atoms with Gasteiger partial charge in [0.1, 0.15) is 8.27 Å². The first-order valence-electron chi connectivity index (χ1n) is 8.44. The molecule has 3 N–H and O–H groups in total. The first-order chi connectivity index (χ1) is 12.4. The standard InChI is InChI=1S/C15H19IN6O3S/c16-15(4-5-15)26(24,25)22-7-1-2-10(9-22)19-14(23)21-12-8-18-13-11(20-12)3-6-17-13/h3,6,8,10H,1-2,4-5,7,9H2,(H,17,18)(H2,19,20,21,23). The summed E-state index contributed by atoms with van der Waals surface area (Å²) in [6.45, 7) is 0.825. The first-order valence-corrected chi connectivity index (χ1v) is 11.0. The normalized spacial score (nSPS) is 22.9. The molecule has 1 saturated carbocycles. The lowest BCUT2D eigenvalue weighted by molar-refractivity contribution is 0.236. The Morgan fingerprint density at radius 1 is 1.42 bits per heavy atom. The number of piperidine rings is 1. The Hall–Kier alpha value is -1.47. The molecule has 0 aromatic carbocycles. The van der Waals surface area contributed by atoms with Crippen molar-refractivity contribution >= 4 is 55.6 Å². The smallest absolute Gasteiger partial charge is 0.320 e. The molecule has 2 fully saturated rings. The maximum atomic E-state index is 12.7. The lowest BCUT2D eigenvalue weighted by atomic mass is 10.1. The van der Waals surface area contributed by atoms with Gasteiger partial charge in [0.15, 0.2) is 11.5 Å². The zero-order valence-electron chi connectivity index (χ0n) is 13.9. The number of rotatable bonds is 4. The van der Waals surface area contributed by atoms with Gasteiger partial charge in [0.2, 0.25) is 10.0 Å². The maximum absolute atomic E-state index is 12.7. The van der Waals surface area contributed by atoms with Gasteiger partial charge in [-0.1, -0.05) is 22.6 Å². The monoisotopic (exact) mass is 490 g/mol. The molecule has 26 heavy (non-hydrogen) atoms. The lowest BCUT2D eigenvalue weighted by Gasteiger charge is -2.33. The van der Waals surface area contributed by atoms with Crippen LogP contribution in [0.4, 0.5) is 10.6 Å². The van der Waals surface area contributed by atoms with Gasteiger partial charge >= 0.3 is 6.03 Å². The number of alkyl halides is 1. The van der Waals surface area contributed by atoms with E-state index >= 15 is 0 Å². The Morgan fingerprint density at radius 2 is 2.23 bits per heavy atom. The molecule has 4 rings (SSSR count). The molecule has 9 nitrogen and oxygen atoms in total. The number of fused-ring (bicyclic) bond motifs is 1. The highest BCUT2D eigenvalue weighted by Crippen LogP contribution is 2.51. The molecular formula is C15H19IN6O3S. The summed E-state index contributed by atoms with van der Waals surface area (Å²) < 4.78 is 26.2. The zero-order valence-corrected chi connectivity index (χ0v) is 16.9. The summed E-state index contributed by atoms with van der Waals surface area (Å²) in [6, 6.07) is 1.14. The Labute approximate surface area is 164 Å². The second-order valence-corrected chi connectivity index (χ2v) is 11.7. The molecule has 1 unspecified atom stereocenters. The van der Waals surface area contributed by atoms with Crippen LogP contribution in [0.2, 0.25) is 0 Å². The second-order valence-electron chi connectivity index (χ2n) is 6.65. The van der Waals surface area contributed by atoms with Crippen molar-refractivity contribution in [2.45, 2.75) is 34.5 Å². The van der Waals surface area contributed by atoms with Crippen LogP contribution in [0.15, 0.2) is 18.5 Å². The van der Waals surface area contributed by atoms with Gasteiger partial charge in [-0.05, 0) is 31.7 Å². The minimum absolute atomic E-state index is 0.221. The van der Waals surface area contributed by atoms with Crippen LogP contribution in [0.3, 0.4) is 0 Å². The Morgan fingerprint density at radius 3 is 3.00 bits per heavy atom. The molecule has 0 spiro atoms. The van der Waals surface area contributed by atoms with E-state index in [1.54, 1.807) is 12.3 Å². The van der Waals surface area contributed by atoms with Crippen molar-refractivity contribution in [2.75, 3.05) is 18.4 Å². The maximum Gasteiger partial charge on any atom is 0.320 e. The van der Waals surface area contributed by atoms with Crippen LogP contribution in [0.1, 0.15) is 25.7 Å². The number of hydrogen-bond acceptors (Lipinski definition) is 5. The number of carbonyl (C=O) groups is 1. The summed E-state index contributed by atoms with van der Waals surface area (Å²) in [4.78, 5) is 23.7. The number of nitrogens with zero attached hydrogens (tertiary/aromatic N) is 3. The van der Waals surface area contributed by atoms with Crippen LogP contribution < -0.4 is 10.6 Å². The van der Waals surface area contributed by atoms with Crippen molar-refractivity contribution in [3.8, 4) is 0 Å². The van der Waals surface area contributed by atoms with Crippen LogP contribution in [-0.4, -0.2) is 55.6 Å². The fraction of sp³-hybridized carbons (Fsp3) is 0.533. The van der Waals surface area contributed by atoms with E-state index in [9.17, 15) is 13.2 Å². The van der Waals surface area contributed by atoms with E-state index in [2.05, 4.69) is 25.6 Å².